The molecule has 11 aromatic carbocycles. The second-order valence-electron chi connectivity index (χ2n) is 18.7. The van der Waals surface area contributed by atoms with Gasteiger partial charge in [0.15, 0.2) is 5.84 Å². The van der Waals surface area contributed by atoms with Crippen molar-refractivity contribution in [3.05, 3.63) is 246 Å². The van der Waals surface area contributed by atoms with Crippen LogP contribution in [0.2, 0.25) is 0 Å². The molecule has 12 aromatic rings. The fraction of sp³-hybridized carbons (Fsp3) is 0.0769. The summed E-state index contributed by atoms with van der Waals surface area (Å²) < 4.78 is 2.52. The van der Waals surface area contributed by atoms with E-state index in [0.717, 1.165) is 41.2 Å². The zero-order valence-electron chi connectivity index (χ0n) is 37.7. The van der Waals surface area contributed by atoms with E-state index in [9.17, 15) is 0 Å². The maximum Gasteiger partial charge on any atom is 0.155 e. The first-order valence-corrected chi connectivity index (χ1v) is 24.0. The van der Waals surface area contributed by atoms with E-state index in [1.165, 1.54) is 104 Å². The van der Waals surface area contributed by atoms with Gasteiger partial charge in [0.2, 0.25) is 0 Å². The number of rotatable bonds is 6. The summed E-state index contributed by atoms with van der Waals surface area (Å²) in [6.45, 7) is 2.32. The van der Waals surface area contributed by atoms with Crippen molar-refractivity contribution in [1.82, 2.24) is 4.57 Å². The molecule has 2 aliphatic rings. The van der Waals surface area contributed by atoms with Crippen LogP contribution in [0, 0.1) is 5.92 Å². The minimum atomic E-state index is -0.219. The molecule has 14 rings (SSSR count). The molecule has 0 bridgehead atoms. The summed E-state index contributed by atoms with van der Waals surface area (Å²) in [6, 6.07) is 80.4. The third-order valence-corrected chi connectivity index (χ3v) is 15.0. The lowest BCUT2D eigenvalue weighted by atomic mass is 9.80. The molecule has 3 heteroatoms. The first-order chi connectivity index (χ1) is 33.6. The van der Waals surface area contributed by atoms with E-state index in [0.29, 0.717) is 0 Å². The molecule has 0 saturated heterocycles. The van der Waals surface area contributed by atoms with Crippen molar-refractivity contribution in [3.63, 3.8) is 0 Å². The van der Waals surface area contributed by atoms with Gasteiger partial charge in [0.1, 0.15) is 0 Å². The van der Waals surface area contributed by atoms with Crippen LogP contribution in [0.5, 0.6) is 0 Å². The Hall–Kier alpha value is -8.40. The van der Waals surface area contributed by atoms with Crippen LogP contribution >= 0.6 is 0 Å². The van der Waals surface area contributed by atoms with E-state index in [4.69, 9.17) is 9.98 Å². The van der Waals surface area contributed by atoms with Gasteiger partial charge in [0.05, 0.1) is 22.8 Å². The molecule has 0 fully saturated rings. The molecule has 0 saturated carbocycles. The smallest absolute Gasteiger partial charge is 0.155 e. The Morgan fingerprint density at radius 2 is 1.07 bits per heavy atom. The third kappa shape index (κ3) is 6.05. The van der Waals surface area contributed by atoms with E-state index in [-0.39, 0.29) is 12.0 Å². The lowest BCUT2D eigenvalue weighted by molar-refractivity contribution is 0.533. The van der Waals surface area contributed by atoms with Crippen molar-refractivity contribution >= 4 is 76.4 Å². The summed E-state index contributed by atoms with van der Waals surface area (Å²) in [7, 11) is 0. The molecule has 2 atom stereocenters. The van der Waals surface area contributed by atoms with E-state index < -0.39 is 0 Å². The van der Waals surface area contributed by atoms with Gasteiger partial charge in [0.25, 0.3) is 0 Å². The number of aromatic nitrogens is 1. The first kappa shape index (κ1) is 38.8. The zero-order valence-corrected chi connectivity index (χ0v) is 37.7. The fourth-order valence-corrected chi connectivity index (χ4v) is 11.8. The molecule has 0 amide bonds. The normalized spacial score (nSPS) is 15.6. The highest BCUT2D eigenvalue weighted by Gasteiger charge is 2.36. The number of hydrogen-bond donors (Lipinski definition) is 0. The number of nitrogens with zero attached hydrogens (tertiary/aromatic N) is 3. The second-order valence-corrected chi connectivity index (χ2v) is 18.7. The predicted molar refractivity (Wildman–Crippen MR) is 287 cm³/mol. The second kappa shape index (κ2) is 15.3. The highest BCUT2D eigenvalue weighted by molar-refractivity contribution is 6.18. The molecule has 1 aliphatic carbocycles. The van der Waals surface area contributed by atoms with Crippen molar-refractivity contribution in [2.75, 3.05) is 0 Å². The van der Waals surface area contributed by atoms with Crippen LogP contribution in [0.3, 0.4) is 0 Å². The van der Waals surface area contributed by atoms with Gasteiger partial charge in [-0.25, -0.2) is 4.99 Å². The summed E-state index contributed by atoms with van der Waals surface area (Å²) in [5.74, 6) is 0.785. The van der Waals surface area contributed by atoms with E-state index in [2.05, 4.69) is 230 Å². The molecule has 0 spiro atoms. The Bertz CT molecular complexity index is 4100. The standard InChI is InChI=1S/C65H45N3/c1-2-51-63(44-27-24-41(25-28-44)40-14-4-3-5-15-40)66-65(48-31-32-54-47(34-48)29-26-42-16-8-10-20-52(42)54)67-64(51)59-39-50(35-49-37-57-53-21-11-9-17-43(53)30-33-56(57)62(49)59)68-60-23-13-12-22-55(60)58-36-45-18-6-7-19-46(45)38-61(58)68/h3-36,38-39,51,64H,2,37H2,1H3. The molecule has 2 heterocycles. The highest BCUT2D eigenvalue weighted by atomic mass is 15.0. The van der Waals surface area contributed by atoms with Crippen LogP contribution < -0.4 is 0 Å². The minimum Gasteiger partial charge on any atom is -0.309 e. The van der Waals surface area contributed by atoms with Gasteiger partial charge in [-0.3, -0.25) is 4.99 Å². The Morgan fingerprint density at radius 1 is 0.456 bits per heavy atom. The topological polar surface area (TPSA) is 29.6 Å². The first-order valence-electron chi connectivity index (χ1n) is 24.0. The molecule has 3 nitrogen and oxygen atoms in total. The third-order valence-electron chi connectivity index (χ3n) is 15.0. The van der Waals surface area contributed by atoms with E-state index >= 15 is 0 Å². The largest absolute Gasteiger partial charge is 0.309 e. The molecule has 2 unspecified atom stereocenters. The van der Waals surface area contributed by atoms with Gasteiger partial charge in [-0.05, 0) is 137 Å². The average molecular weight is 868 g/mol. The Labute approximate surface area is 395 Å². The number of para-hydroxylation sites is 1. The quantitative estimate of drug-likeness (QED) is 0.149. The SMILES string of the molecule is CCC1C(c2ccc(-c3ccccc3)cc2)=NC(c2ccc3c(ccc4ccccc43)c2)=NC1c1cc(-n2c3ccccc3c3cc4ccccc4cc32)cc2c1-c1ccc3ccccc3c1C2. The molecule has 1 aliphatic heterocycles. The predicted octanol–water partition coefficient (Wildman–Crippen LogP) is 16.7. The van der Waals surface area contributed by atoms with Crippen LogP contribution in [0.15, 0.2) is 228 Å². The van der Waals surface area contributed by atoms with Gasteiger partial charge < -0.3 is 4.57 Å². The van der Waals surface area contributed by atoms with Gasteiger partial charge >= 0.3 is 0 Å². The summed E-state index contributed by atoms with van der Waals surface area (Å²) in [5, 5.41) is 12.5. The van der Waals surface area contributed by atoms with Crippen LogP contribution in [-0.4, -0.2) is 16.1 Å². The summed E-state index contributed by atoms with van der Waals surface area (Å²) >= 11 is 0. The Balaban J connectivity index is 1.03. The number of amidine groups is 1. The van der Waals surface area contributed by atoms with Crippen LogP contribution in [-0.2, 0) is 6.42 Å². The van der Waals surface area contributed by atoms with E-state index in [1.54, 1.807) is 0 Å². The molecule has 68 heavy (non-hydrogen) atoms. The molecular weight excluding hydrogens is 823 g/mol. The highest BCUT2D eigenvalue weighted by Crippen LogP contribution is 2.50. The van der Waals surface area contributed by atoms with Crippen molar-refractivity contribution in [2.24, 2.45) is 15.9 Å². The van der Waals surface area contributed by atoms with E-state index in [1.807, 2.05) is 0 Å². The van der Waals surface area contributed by atoms with Gasteiger partial charge in [-0.15, -0.1) is 0 Å². The maximum atomic E-state index is 5.91. The monoisotopic (exact) mass is 867 g/mol. The number of fused-ring (bicyclic) bond motifs is 12. The van der Waals surface area contributed by atoms with Crippen molar-refractivity contribution in [1.29, 1.82) is 0 Å². The van der Waals surface area contributed by atoms with Gasteiger partial charge in [-0.2, -0.15) is 0 Å². The van der Waals surface area contributed by atoms with Crippen LogP contribution in [0.1, 0.15) is 47.2 Å². The molecule has 1 aromatic heterocycles. The van der Waals surface area contributed by atoms with Crippen LogP contribution in [0.25, 0.3) is 92.8 Å². The average Bonchev–Trinajstić information content (AvgIpc) is 3.95. The molecule has 0 radical (unpaired) electrons. The minimum absolute atomic E-state index is 0.0108. The Morgan fingerprint density at radius 3 is 1.88 bits per heavy atom. The summed E-state index contributed by atoms with van der Waals surface area (Å²) in [4.78, 5) is 11.6. The zero-order chi connectivity index (χ0) is 44.9. The molecule has 0 N–H and O–H groups in total. The van der Waals surface area contributed by atoms with Gasteiger partial charge in [0, 0.05) is 27.9 Å². The molecule has 320 valence electrons. The van der Waals surface area contributed by atoms with Gasteiger partial charge in [-0.1, -0.05) is 189 Å². The summed E-state index contributed by atoms with van der Waals surface area (Å²) in [5.41, 5.74) is 15.8. The van der Waals surface area contributed by atoms with Crippen LogP contribution in [0.4, 0.5) is 0 Å². The fourth-order valence-electron chi connectivity index (χ4n) is 11.8. The lowest BCUT2D eigenvalue weighted by Gasteiger charge is -2.32. The Kier molecular flexibility index (Phi) is 8.76. The lowest BCUT2D eigenvalue weighted by Crippen LogP contribution is -2.28. The number of hydrogen-bond acceptors (Lipinski definition) is 2. The molecular formula is C65H45N3. The van der Waals surface area contributed by atoms with Crippen molar-refractivity contribution < 1.29 is 0 Å². The number of benzene rings is 11. The summed E-state index contributed by atoms with van der Waals surface area (Å²) in [6.07, 6.45) is 1.73. The van der Waals surface area contributed by atoms with Crippen molar-refractivity contribution in [3.8, 4) is 27.9 Å². The maximum absolute atomic E-state index is 5.91. The number of aliphatic imine (C=N–C) groups is 2. The van der Waals surface area contributed by atoms with Crippen molar-refractivity contribution in [2.45, 2.75) is 25.8 Å².